The summed E-state index contributed by atoms with van der Waals surface area (Å²) in [7, 11) is 0. The first-order valence-corrected chi connectivity index (χ1v) is 6.31. The lowest BCUT2D eigenvalue weighted by molar-refractivity contribution is -0.131. The van der Waals surface area contributed by atoms with E-state index < -0.39 is 5.97 Å². The number of thiazole rings is 1. The summed E-state index contributed by atoms with van der Waals surface area (Å²) in [6.45, 7) is 5.04. The number of carboxylic acids is 1. The maximum Gasteiger partial charge on any atom is 0.328 e. The highest BCUT2D eigenvalue weighted by Crippen LogP contribution is 2.19. The van der Waals surface area contributed by atoms with Gasteiger partial charge < -0.3 is 10.0 Å². The number of nitrogens with zero attached hydrogens (tertiary/aromatic N) is 2. The Morgan fingerprint density at radius 3 is 2.72 bits per heavy atom. The molecule has 6 nitrogen and oxygen atoms in total. The number of nitrogens with one attached hydrogen (secondary N) is 1. The molecule has 0 saturated carbocycles. The van der Waals surface area contributed by atoms with E-state index in [1.807, 2.05) is 13.8 Å². The average Bonchev–Trinajstić information content (AvgIpc) is 2.75. The molecule has 0 aliphatic carbocycles. The molecule has 1 heterocycles. The smallest absolute Gasteiger partial charge is 0.328 e. The summed E-state index contributed by atoms with van der Waals surface area (Å²) in [4.78, 5) is 28.4. The lowest BCUT2D eigenvalue weighted by atomic mass is 10.4. The average molecular weight is 269 g/mol. The van der Waals surface area contributed by atoms with Crippen LogP contribution in [0.2, 0.25) is 0 Å². The van der Waals surface area contributed by atoms with E-state index in [4.69, 9.17) is 5.11 Å². The normalized spacial score (nSPS) is 10.6. The van der Waals surface area contributed by atoms with Gasteiger partial charge in [-0.05, 0) is 19.9 Å². The largest absolute Gasteiger partial charge is 0.478 e. The van der Waals surface area contributed by atoms with Gasteiger partial charge in [0, 0.05) is 30.2 Å². The van der Waals surface area contributed by atoms with E-state index in [9.17, 15) is 9.59 Å². The molecule has 0 fully saturated rings. The van der Waals surface area contributed by atoms with Crippen molar-refractivity contribution in [1.82, 2.24) is 9.88 Å². The van der Waals surface area contributed by atoms with Gasteiger partial charge >= 0.3 is 12.0 Å². The fraction of sp³-hybridized carbons (Fsp3) is 0.364. The molecule has 0 saturated heterocycles. The highest BCUT2D eigenvalue weighted by molar-refractivity contribution is 7.16. The predicted molar refractivity (Wildman–Crippen MR) is 70.7 cm³/mol. The first-order chi connectivity index (χ1) is 8.56. The molecular formula is C11H15N3O3S. The van der Waals surface area contributed by atoms with E-state index in [1.165, 1.54) is 23.6 Å². The summed E-state index contributed by atoms with van der Waals surface area (Å²) >= 11 is 1.22. The molecule has 0 radical (unpaired) electrons. The third kappa shape index (κ3) is 4.17. The van der Waals surface area contributed by atoms with Crippen LogP contribution in [0, 0.1) is 0 Å². The summed E-state index contributed by atoms with van der Waals surface area (Å²) in [6, 6.07) is -0.205. The van der Waals surface area contributed by atoms with Crippen molar-refractivity contribution >= 4 is 34.5 Å². The molecule has 98 valence electrons. The number of urea groups is 1. The number of hydrogen-bond donors (Lipinski definition) is 2. The minimum Gasteiger partial charge on any atom is -0.478 e. The summed E-state index contributed by atoms with van der Waals surface area (Å²) in [5.74, 6) is -1.02. The number of aromatic nitrogens is 1. The highest BCUT2D eigenvalue weighted by Gasteiger charge is 2.11. The van der Waals surface area contributed by atoms with Crippen LogP contribution in [0.1, 0.15) is 18.7 Å². The van der Waals surface area contributed by atoms with Crippen molar-refractivity contribution < 1.29 is 14.7 Å². The van der Waals surface area contributed by atoms with E-state index in [-0.39, 0.29) is 6.03 Å². The zero-order chi connectivity index (χ0) is 13.5. The molecule has 0 aromatic carbocycles. The number of aliphatic carboxylic acids is 1. The zero-order valence-corrected chi connectivity index (χ0v) is 11.0. The second-order valence-corrected chi connectivity index (χ2v) is 4.40. The Labute approximate surface area is 109 Å². The molecule has 7 heteroatoms. The Morgan fingerprint density at radius 2 is 2.17 bits per heavy atom. The molecule has 2 N–H and O–H groups in total. The fourth-order valence-electron chi connectivity index (χ4n) is 1.26. The number of rotatable bonds is 5. The van der Waals surface area contributed by atoms with Crippen molar-refractivity contribution in [2.45, 2.75) is 13.8 Å². The van der Waals surface area contributed by atoms with Crippen molar-refractivity contribution in [3.05, 3.63) is 17.2 Å². The van der Waals surface area contributed by atoms with Gasteiger partial charge in [-0.2, -0.15) is 0 Å². The van der Waals surface area contributed by atoms with Crippen LogP contribution in [0.4, 0.5) is 9.93 Å². The fourth-order valence-corrected chi connectivity index (χ4v) is 1.96. The Hall–Kier alpha value is -1.89. The summed E-state index contributed by atoms with van der Waals surface area (Å²) in [5, 5.41) is 11.6. The van der Waals surface area contributed by atoms with Gasteiger partial charge in [0.05, 0.1) is 0 Å². The predicted octanol–water partition coefficient (Wildman–Crippen LogP) is 2.11. The Morgan fingerprint density at radius 1 is 1.50 bits per heavy atom. The number of hydrogen-bond acceptors (Lipinski definition) is 4. The monoisotopic (exact) mass is 269 g/mol. The van der Waals surface area contributed by atoms with E-state index in [0.717, 1.165) is 6.08 Å². The standard InChI is InChI=1S/C11H15N3O3S/c1-3-14(4-2)11(17)13-10-12-7-8(18-10)5-6-9(15)16/h5-7H,3-4H2,1-2H3,(H,15,16)(H,12,13,17). The van der Waals surface area contributed by atoms with Crippen LogP contribution in [-0.4, -0.2) is 40.1 Å². The first kappa shape index (κ1) is 14.2. The van der Waals surface area contributed by atoms with Gasteiger partial charge in [0.15, 0.2) is 5.13 Å². The molecule has 0 spiro atoms. The van der Waals surface area contributed by atoms with Gasteiger partial charge in [-0.3, -0.25) is 5.32 Å². The number of carboxylic acid groups (broad SMARTS) is 1. The molecule has 0 bridgehead atoms. The molecule has 0 aliphatic heterocycles. The van der Waals surface area contributed by atoms with Crippen LogP contribution in [0.25, 0.3) is 6.08 Å². The molecule has 0 aliphatic rings. The molecular weight excluding hydrogens is 254 g/mol. The molecule has 1 aromatic heterocycles. The zero-order valence-electron chi connectivity index (χ0n) is 10.2. The van der Waals surface area contributed by atoms with Crippen molar-refractivity contribution in [2.24, 2.45) is 0 Å². The topological polar surface area (TPSA) is 82.5 Å². The summed E-state index contributed by atoms with van der Waals surface area (Å²) < 4.78 is 0. The second kappa shape index (κ2) is 6.75. The van der Waals surface area contributed by atoms with Crippen molar-refractivity contribution in [3.8, 4) is 0 Å². The Kier molecular flexibility index (Phi) is 5.31. The molecule has 0 unspecified atom stereocenters. The van der Waals surface area contributed by atoms with Crippen LogP contribution >= 0.6 is 11.3 Å². The van der Waals surface area contributed by atoms with E-state index >= 15 is 0 Å². The molecule has 1 rings (SSSR count). The van der Waals surface area contributed by atoms with E-state index in [1.54, 1.807) is 4.90 Å². The van der Waals surface area contributed by atoms with E-state index in [2.05, 4.69) is 10.3 Å². The third-order valence-electron chi connectivity index (χ3n) is 2.18. The number of anilines is 1. The van der Waals surface area contributed by atoms with Crippen LogP contribution in [0.3, 0.4) is 0 Å². The van der Waals surface area contributed by atoms with Gasteiger partial charge in [0.2, 0.25) is 0 Å². The molecule has 0 atom stereocenters. The quantitative estimate of drug-likeness (QED) is 0.802. The van der Waals surface area contributed by atoms with Crippen LogP contribution in [-0.2, 0) is 4.79 Å². The summed E-state index contributed by atoms with van der Waals surface area (Å²) in [5.41, 5.74) is 0. The Bertz CT molecular complexity index is 452. The lowest BCUT2D eigenvalue weighted by Gasteiger charge is -2.17. The minimum absolute atomic E-state index is 0.205. The number of carbonyl (C=O) groups excluding carboxylic acids is 1. The SMILES string of the molecule is CCN(CC)C(=O)Nc1ncc(C=CC(=O)O)s1. The third-order valence-corrected chi connectivity index (χ3v) is 3.06. The maximum atomic E-state index is 11.7. The van der Waals surface area contributed by atoms with E-state index in [0.29, 0.717) is 23.1 Å². The first-order valence-electron chi connectivity index (χ1n) is 5.49. The van der Waals surface area contributed by atoms with Crippen LogP contribution in [0.5, 0.6) is 0 Å². The summed E-state index contributed by atoms with van der Waals surface area (Å²) in [6.07, 6.45) is 3.98. The van der Waals surface area contributed by atoms with Gasteiger partial charge in [-0.1, -0.05) is 11.3 Å². The van der Waals surface area contributed by atoms with Gasteiger partial charge in [0.25, 0.3) is 0 Å². The van der Waals surface area contributed by atoms with Gasteiger partial charge in [0.1, 0.15) is 0 Å². The maximum absolute atomic E-state index is 11.7. The molecule has 1 aromatic rings. The van der Waals surface area contributed by atoms with Crippen LogP contribution < -0.4 is 5.32 Å². The molecule has 18 heavy (non-hydrogen) atoms. The van der Waals surface area contributed by atoms with Crippen molar-refractivity contribution in [2.75, 3.05) is 18.4 Å². The Balaban J connectivity index is 2.64. The van der Waals surface area contributed by atoms with Crippen LogP contribution in [0.15, 0.2) is 12.3 Å². The number of carbonyl (C=O) groups is 2. The number of amides is 2. The highest BCUT2D eigenvalue weighted by atomic mass is 32.1. The molecule has 2 amide bonds. The lowest BCUT2D eigenvalue weighted by Crippen LogP contribution is -2.34. The minimum atomic E-state index is -1.02. The second-order valence-electron chi connectivity index (χ2n) is 3.34. The van der Waals surface area contributed by atoms with Gasteiger partial charge in [-0.15, -0.1) is 0 Å². The van der Waals surface area contributed by atoms with Crippen molar-refractivity contribution in [1.29, 1.82) is 0 Å². The van der Waals surface area contributed by atoms with Crippen molar-refractivity contribution in [3.63, 3.8) is 0 Å². The van der Waals surface area contributed by atoms with Gasteiger partial charge in [-0.25, -0.2) is 14.6 Å².